The minimum atomic E-state index is 0.109. The summed E-state index contributed by atoms with van der Waals surface area (Å²) in [5, 5.41) is 3.32. The lowest BCUT2D eigenvalue weighted by Gasteiger charge is -2.39. The van der Waals surface area contributed by atoms with Crippen LogP contribution in [0.1, 0.15) is 25.7 Å². The van der Waals surface area contributed by atoms with Gasteiger partial charge in [-0.25, -0.2) is 0 Å². The Kier molecular flexibility index (Phi) is 3.42. The number of nitrogens with one attached hydrogen (secondary N) is 1. The summed E-state index contributed by atoms with van der Waals surface area (Å²) < 4.78 is 5.56. The average Bonchev–Trinajstić information content (AvgIpc) is 2.25. The second kappa shape index (κ2) is 4.47. The van der Waals surface area contributed by atoms with Gasteiger partial charge in [0.25, 0.3) is 0 Å². The summed E-state index contributed by atoms with van der Waals surface area (Å²) in [5.41, 5.74) is 0.109. The molecule has 2 aliphatic rings. The molecular formula is C10H14BrNO2S. The fraction of sp³-hybridized carbons (Fsp3) is 0.700. The van der Waals surface area contributed by atoms with Crippen molar-refractivity contribution in [3.05, 3.63) is 10.2 Å². The fourth-order valence-electron chi connectivity index (χ4n) is 2.44. The highest BCUT2D eigenvalue weighted by atomic mass is 79.9. The highest BCUT2D eigenvalue weighted by Crippen LogP contribution is 2.45. The first-order valence-electron chi connectivity index (χ1n) is 5.11. The number of hydrogen-bond donors (Lipinski definition) is 2. The third kappa shape index (κ3) is 2.24. The average molecular weight is 292 g/mol. The van der Waals surface area contributed by atoms with Crippen LogP contribution in [0.4, 0.5) is 0 Å². The number of piperidine rings is 1. The standard InChI is InChI=1S/C10H14BrNO2S/c11-9-7(13)5-10(6-8(9)14-15)1-3-12-4-2-10/h12,15H,1-6H2. The van der Waals surface area contributed by atoms with Crippen LogP contribution in [-0.2, 0) is 8.98 Å². The molecule has 0 aromatic carbocycles. The van der Waals surface area contributed by atoms with Gasteiger partial charge >= 0.3 is 0 Å². The van der Waals surface area contributed by atoms with Crippen LogP contribution >= 0.6 is 28.8 Å². The first-order chi connectivity index (χ1) is 7.17. The van der Waals surface area contributed by atoms with Gasteiger partial charge in [-0.1, -0.05) is 0 Å². The topological polar surface area (TPSA) is 38.3 Å². The summed E-state index contributed by atoms with van der Waals surface area (Å²) in [6.07, 6.45) is 3.54. The Morgan fingerprint density at radius 3 is 2.60 bits per heavy atom. The van der Waals surface area contributed by atoms with Crippen molar-refractivity contribution in [2.75, 3.05) is 13.1 Å². The van der Waals surface area contributed by atoms with E-state index in [2.05, 4.69) is 34.2 Å². The summed E-state index contributed by atoms with van der Waals surface area (Å²) in [6.45, 7) is 1.98. The van der Waals surface area contributed by atoms with E-state index in [1.807, 2.05) is 0 Å². The molecule has 0 amide bonds. The van der Waals surface area contributed by atoms with Crippen LogP contribution in [0.3, 0.4) is 0 Å². The minimum Gasteiger partial charge on any atom is -0.432 e. The molecule has 0 unspecified atom stereocenters. The number of Topliss-reactive ketones (excluding diaryl/α,β-unsaturated/α-hetero) is 1. The van der Waals surface area contributed by atoms with Gasteiger partial charge in [-0.3, -0.25) is 4.79 Å². The Balaban J connectivity index is 2.22. The van der Waals surface area contributed by atoms with Crippen LogP contribution < -0.4 is 5.32 Å². The Morgan fingerprint density at radius 1 is 1.33 bits per heavy atom. The SMILES string of the molecule is O=C1CC2(CCNCC2)CC(OS)=C1Br. The van der Waals surface area contributed by atoms with Crippen molar-refractivity contribution in [3.63, 3.8) is 0 Å². The second-order valence-corrected chi connectivity index (χ2v) is 5.33. The molecule has 0 radical (unpaired) electrons. The van der Waals surface area contributed by atoms with Gasteiger partial charge in [0.05, 0.1) is 4.48 Å². The summed E-state index contributed by atoms with van der Waals surface area (Å²) in [5.74, 6) is 0.837. The largest absolute Gasteiger partial charge is 0.432 e. The maximum Gasteiger partial charge on any atom is 0.173 e. The molecule has 1 N–H and O–H groups in total. The lowest BCUT2D eigenvalue weighted by Crippen LogP contribution is -2.40. The zero-order valence-corrected chi connectivity index (χ0v) is 10.9. The van der Waals surface area contributed by atoms with Gasteiger partial charge in [-0.15, -0.1) is 0 Å². The number of carbonyl (C=O) groups excluding carboxylic acids is 1. The third-order valence-corrected chi connectivity index (χ3v) is 4.44. The minimum absolute atomic E-state index is 0.109. The van der Waals surface area contributed by atoms with Crippen molar-refractivity contribution in [3.8, 4) is 0 Å². The number of carbonyl (C=O) groups is 1. The Labute approximate surface area is 103 Å². The third-order valence-electron chi connectivity index (χ3n) is 3.34. The lowest BCUT2D eigenvalue weighted by atomic mass is 9.70. The van der Waals surface area contributed by atoms with Crippen molar-refractivity contribution < 1.29 is 8.98 Å². The number of halogens is 1. The van der Waals surface area contributed by atoms with Gasteiger partial charge in [0.15, 0.2) is 5.78 Å². The number of thiol groups is 1. The zero-order valence-electron chi connectivity index (χ0n) is 8.38. The smallest absolute Gasteiger partial charge is 0.173 e. The summed E-state index contributed by atoms with van der Waals surface area (Å²) in [6, 6.07) is 0. The summed E-state index contributed by atoms with van der Waals surface area (Å²) in [7, 11) is 0. The van der Waals surface area contributed by atoms with Crippen LogP contribution in [0.15, 0.2) is 10.2 Å². The predicted octanol–water partition coefficient (Wildman–Crippen LogP) is 2.19. The van der Waals surface area contributed by atoms with Crippen molar-refractivity contribution >= 4 is 34.6 Å². The fourth-order valence-corrected chi connectivity index (χ4v) is 3.08. The molecule has 3 nitrogen and oxygen atoms in total. The molecule has 1 heterocycles. The molecule has 1 fully saturated rings. The van der Waals surface area contributed by atoms with Crippen LogP contribution in [0.2, 0.25) is 0 Å². The normalized spacial score (nSPS) is 25.9. The number of allylic oxidation sites excluding steroid dienone is 2. The molecule has 0 saturated carbocycles. The molecule has 1 aliphatic heterocycles. The number of ketones is 1. The van der Waals surface area contributed by atoms with E-state index in [9.17, 15) is 4.79 Å². The number of hydrogen-bond acceptors (Lipinski definition) is 4. The predicted molar refractivity (Wildman–Crippen MR) is 64.8 cm³/mol. The molecule has 84 valence electrons. The summed E-state index contributed by atoms with van der Waals surface area (Å²) >= 11 is 7.08. The van der Waals surface area contributed by atoms with E-state index in [-0.39, 0.29) is 11.2 Å². The molecular weight excluding hydrogens is 278 g/mol. The van der Waals surface area contributed by atoms with E-state index in [0.29, 0.717) is 16.7 Å². The van der Waals surface area contributed by atoms with E-state index in [1.165, 1.54) is 0 Å². The molecule has 0 atom stereocenters. The first kappa shape index (κ1) is 11.5. The molecule has 2 rings (SSSR count). The van der Waals surface area contributed by atoms with Crippen LogP contribution in [0, 0.1) is 5.41 Å². The molecule has 15 heavy (non-hydrogen) atoms. The van der Waals surface area contributed by atoms with E-state index in [4.69, 9.17) is 4.18 Å². The highest BCUT2D eigenvalue weighted by molar-refractivity contribution is 9.12. The van der Waals surface area contributed by atoms with E-state index in [1.54, 1.807) is 0 Å². The lowest BCUT2D eigenvalue weighted by molar-refractivity contribution is -0.118. The molecule has 0 bridgehead atoms. The maximum absolute atomic E-state index is 11.8. The van der Waals surface area contributed by atoms with E-state index in [0.717, 1.165) is 32.4 Å². The first-order valence-corrected chi connectivity index (χ1v) is 6.27. The molecule has 5 heteroatoms. The van der Waals surface area contributed by atoms with Gasteiger partial charge in [-0.2, -0.15) is 0 Å². The van der Waals surface area contributed by atoms with E-state index < -0.39 is 0 Å². The summed E-state index contributed by atoms with van der Waals surface area (Å²) in [4.78, 5) is 11.8. The molecule has 1 saturated heterocycles. The molecule has 1 aliphatic carbocycles. The maximum atomic E-state index is 11.8. The van der Waals surface area contributed by atoms with Crippen LogP contribution in [-0.4, -0.2) is 18.9 Å². The Morgan fingerprint density at radius 2 is 2.00 bits per heavy atom. The Hall–Kier alpha value is 0. The van der Waals surface area contributed by atoms with E-state index >= 15 is 0 Å². The van der Waals surface area contributed by atoms with Crippen LogP contribution in [0.25, 0.3) is 0 Å². The van der Waals surface area contributed by atoms with Gasteiger partial charge in [0, 0.05) is 25.8 Å². The zero-order chi connectivity index (χ0) is 10.9. The van der Waals surface area contributed by atoms with Gasteiger partial charge in [0.2, 0.25) is 0 Å². The molecule has 0 aromatic rings. The quantitative estimate of drug-likeness (QED) is 0.575. The highest BCUT2D eigenvalue weighted by Gasteiger charge is 2.40. The van der Waals surface area contributed by atoms with Crippen molar-refractivity contribution in [2.24, 2.45) is 5.41 Å². The molecule has 1 spiro atoms. The van der Waals surface area contributed by atoms with Crippen molar-refractivity contribution in [1.29, 1.82) is 0 Å². The van der Waals surface area contributed by atoms with Crippen LogP contribution in [0.5, 0.6) is 0 Å². The Bertz CT molecular complexity index is 311. The number of rotatable bonds is 1. The van der Waals surface area contributed by atoms with Gasteiger partial charge < -0.3 is 9.50 Å². The second-order valence-electron chi connectivity index (χ2n) is 4.36. The monoisotopic (exact) mass is 291 g/mol. The molecule has 0 aromatic heterocycles. The van der Waals surface area contributed by atoms with Gasteiger partial charge in [-0.05, 0) is 47.3 Å². The van der Waals surface area contributed by atoms with Gasteiger partial charge in [0.1, 0.15) is 5.76 Å². The van der Waals surface area contributed by atoms with Crippen molar-refractivity contribution in [1.82, 2.24) is 5.32 Å². The van der Waals surface area contributed by atoms with Crippen molar-refractivity contribution in [2.45, 2.75) is 25.7 Å².